The molecule has 0 N–H and O–H groups in total. The summed E-state index contributed by atoms with van der Waals surface area (Å²) in [5.41, 5.74) is 2.03. The van der Waals surface area contributed by atoms with E-state index in [2.05, 4.69) is 33.0 Å². The SMILES string of the molecule is COc1ccc(N2CCCN(C(=O)/C=C/c3cc(Br)ccc3OC)CC2)cc1. The second kappa shape index (κ2) is 9.64. The first-order valence-electron chi connectivity index (χ1n) is 9.30. The van der Waals surface area contributed by atoms with Gasteiger partial charge in [0.1, 0.15) is 11.5 Å². The van der Waals surface area contributed by atoms with Gasteiger partial charge in [0.25, 0.3) is 0 Å². The number of hydrogen-bond donors (Lipinski definition) is 0. The van der Waals surface area contributed by atoms with E-state index in [-0.39, 0.29) is 5.91 Å². The van der Waals surface area contributed by atoms with E-state index >= 15 is 0 Å². The van der Waals surface area contributed by atoms with Crippen LogP contribution in [-0.2, 0) is 4.79 Å². The maximum atomic E-state index is 12.7. The molecule has 28 heavy (non-hydrogen) atoms. The lowest BCUT2D eigenvalue weighted by atomic mass is 10.2. The van der Waals surface area contributed by atoms with Crippen LogP contribution in [0.25, 0.3) is 6.08 Å². The Morgan fingerprint density at radius 2 is 1.79 bits per heavy atom. The number of methoxy groups -OCH3 is 2. The third-order valence-electron chi connectivity index (χ3n) is 4.84. The number of nitrogens with zero attached hydrogens (tertiary/aromatic N) is 2. The lowest BCUT2D eigenvalue weighted by Gasteiger charge is -2.23. The number of rotatable bonds is 5. The molecule has 1 fully saturated rings. The highest BCUT2D eigenvalue weighted by Crippen LogP contribution is 2.24. The molecular formula is C22H25BrN2O3. The minimum absolute atomic E-state index is 0.0265. The maximum Gasteiger partial charge on any atom is 0.246 e. The van der Waals surface area contributed by atoms with Crippen molar-refractivity contribution in [1.82, 2.24) is 4.90 Å². The zero-order chi connectivity index (χ0) is 19.9. The molecule has 0 unspecified atom stereocenters. The second-order valence-electron chi connectivity index (χ2n) is 6.58. The van der Waals surface area contributed by atoms with Crippen LogP contribution in [0.4, 0.5) is 5.69 Å². The Morgan fingerprint density at radius 1 is 1.00 bits per heavy atom. The van der Waals surface area contributed by atoms with E-state index in [0.717, 1.165) is 53.3 Å². The molecule has 148 valence electrons. The molecule has 0 spiro atoms. The third-order valence-corrected chi connectivity index (χ3v) is 5.34. The summed E-state index contributed by atoms with van der Waals surface area (Å²) in [5.74, 6) is 1.62. The standard InChI is InChI=1S/C22H25BrN2O3/c1-27-20-8-6-19(7-9-20)24-12-3-13-25(15-14-24)22(26)11-4-17-16-18(23)5-10-21(17)28-2/h4-11,16H,3,12-15H2,1-2H3/b11-4+. The predicted molar refractivity (Wildman–Crippen MR) is 116 cm³/mol. The number of benzene rings is 2. The lowest BCUT2D eigenvalue weighted by Crippen LogP contribution is -2.34. The average molecular weight is 445 g/mol. The monoisotopic (exact) mass is 444 g/mol. The highest BCUT2D eigenvalue weighted by Gasteiger charge is 2.18. The van der Waals surface area contributed by atoms with E-state index in [1.165, 1.54) is 0 Å². The van der Waals surface area contributed by atoms with Crippen LogP contribution in [-0.4, -0.2) is 51.2 Å². The minimum Gasteiger partial charge on any atom is -0.497 e. The molecule has 0 saturated carbocycles. The van der Waals surface area contributed by atoms with Crippen LogP contribution in [0.3, 0.4) is 0 Å². The first-order chi connectivity index (χ1) is 13.6. The molecular weight excluding hydrogens is 420 g/mol. The predicted octanol–water partition coefficient (Wildman–Crippen LogP) is 4.22. The number of hydrogen-bond acceptors (Lipinski definition) is 4. The molecule has 0 aliphatic carbocycles. The molecule has 1 amide bonds. The molecule has 0 atom stereocenters. The van der Waals surface area contributed by atoms with Crippen LogP contribution in [0.5, 0.6) is 11.5 Å². The van der Waals surface area contributed by atoms with Crippen molar-refractivity contribution in [2.75, 3.05) is 45.3 Å². The molecule has 0 radical (unpaired) electrons. The molecule has 1 heterocycles. The fraction of sp³-hybridized carbons (Fsp3) is 0.318. The van der Waals surface area contributed by atoms with Gasteiger partial charge >= 0.3 is 0 Å². The van der Waals surface area contributed by atoms with Gasteiger partial charge < -0.3 is 19.3 Å². The number of anilines is 1. The van der Waals surface area contributed by atoms with Crippen LogP contribution in [0.1, 0.15) is 12.0 Å². The van der Waals surface area contributed by atoms with Gasteiger partial charge in [0, 0.05) is 48.0 Å². The Labute approximate surface area is 174 Å². The molecule has 1 saturated heterocycles. The smallest absolute Gasteiger partial charge is 0.246 e. The molecule has 6 heteroatoms. The second-order valence-corrected chi connectivity index (χ2v) is 7.50. The molecule has 5 nitrogen and oxygen atoms in total. The number of ether oxygens (including phenoxy) is 2. The van der Waals surface area contributed by atoms with Crippen molar-refractivity contribution in [2.45, 2.75) is 6.42 Å². The van der Waals surface area contributed by atoms with Crippen molar-refractivity contribution in [3.05, 3.63) is 58.6 Å². The molecule has 2 aromatic rings. The van der Waals surface area contributed by atoms with Gasteiger partial charge in [0.05, 0.1) is 14.2 Å². The summed E-state index contributed by atoms with van der Waals surface area (Å²) in [5, 5.41) is 0. The summed E-state index contributed by atoms with van der Waals surface area (Å²) in [6.45, 7) is 3.20. The van der Waals surface area contributed by atoms with Gasteiger partial charge in [0.2, 0.25) is 5.91 Å². The molecule has 0 bridgehead atoms. The third kappa shape index (κ3) is 5.07. The van der Waals surface area contributed by atoms with Crippen LogP contribution in [0.2, 0.25) is 0 Å². The van der Waals surface area contributed by atoms with Crippen molar-refractivity contribution < 1.29 is 14.3 Å². The largest absolute Gasteiger partial charge is 0.497 e. The van der Waals surface area contributed by atoms with Gasteiger partial charge in [-0.1, -0.05) is 15.9 Å². The fourth-order valence-electron chi connectivity index (χ4n) is 3.29. The Bertz CT molecular complexity index is 836. The van der Waals surface area contributed by atoms with Crippen LogP contribution in [0, 0.1) is 0 Å². The molecule has 1 aliphatic heterocycles. The normalized spacial score (nSPS) is 14.8. The zero-order valence-corrected chi connectivity index (χ0v) is 17.8. The summed E-state index contributed by atoms with van der Waals surface area (Å²) >= 11 is 3.46. The van der Waals surface area contributed by atoms with Crippen LogP contribution >= 0.6 is 15.9 Å². The van der Waals surface area contributed by atoms with Gasteiger partial charge in [-0.05, 0) is 55.0 Å². The highest BCUT2D eigenvalue weighted by molar-refractivity contribution is 9.10. The Morgan fingerprint density at radius 3 is 2.50 bits per heavy atom. The summed E-state index contributed by atoms with van der Waals surface area (Å²) in [6.07, 6.45) is 4.39. The summed E-state index contributed by atoms with van der Waals surface area (Å²) in [6, 6.07) is 13.8. The molecule has 0 aromatic heterocycles. The van der Waals surface area contributed by atoms with E-state index in [1.54, 1.807) is 20.3 Å². The maximum absolute atomic E-state index is 12.7. The highest BCUT2D eigenvalue weighted by atomic mass is 79.9. The van der Waals surface area contributed by atoms with Gasteiger partial charge in [-0.2, -0.15) is 0 Å². The zero-order valence-electron chi connectivity index (χ0n) is 16.2. The number of carbonyl (C=O) groups is 1. The van der Waals surface area contributed by atoms with E-state index in [1.807, 2.05) is 41.3 Å². The summed E-state index contributed by atoms with van der Waals surface area (Å²) in [4.78, 5) is 16.9. The average Bonchev–Trinajstić information content (AvgIpc) is 2.98. The van der Waals surface area contributed by atoms with Crippen molar-refractivity contribution in [2.24, 2.45) is 0 Å². The number of carbonyl (C=O) groups excluding carboxylic acids is 1. The number of amides is 1. The fourth-order valence-corrected chi connectivity index (χ4v) is 3.67. The molecule has 3 rings (SSSR count). The van der Waals surface area contributed by atoms with Crippen LogP contribution < -0.4 is 14.4 Å². The summed E-state index contributed by atoms with van der Waals surface area (Å²) in [7, 11) is 3.30. The topological polar surface area (TPSA) is 42.0 Å². The van der Waals surface area contributed by atoms with Gasteiger partial charge in [-0.15, -0.1) is 0 Å². The Hall–Kier alpha value is -2.47. The first-order valence-corrected chi connectivity index (χ1v) is 10.1. The van der Waals surface area contributed by atoms with Crippen molar-refractivity contribution in [3.63, 3.8) is 0 Å². The first kappa shape index (κ1) is 20.3. The quantitative estimate of drug-likeness (QED) is 0.647. The van der Waals surface area contributed by atoms with Crippen molar-refractivity contribution in [1.29, 1.82) is 0 Å². The van der Waals surface area contributed by atoms with Crippen molar-refractivity contribution in [3.8, 4) is 11.5 Å². The van der Waals surface area contributed by atoms with E-state index in [9.17, 15) is 4.79 Å². The van der Waals surface area contributed by atoms with Crippen molar-refractivity contribution >= 4 is 33.6 Å². The Balaban J connectivity index is 1.63. The van der Waals surface area contributed by atoms with Crippen LogP contribution in [0.15, 0.2) is 53.0 Å². The summed E-state index contributed by atoms with van der Waals surface area (Å²) < 4.78 is 11.5. The minimum atomic E-state index is 0.0265. The molecule has 2 aromatic carbocycles. The lowest BCUT2D eigenvalue weighted by molar-refractivity contribution is -0.125. The van der Waals surface area contributed by atoms with E-state index in [0.29, 0.717) is 6.54 Å². The van der Waals surface area contributed by atoms with E-state index < -0.39 is 0 Å². The van der Waals surface area contributed by atoms with Gasteiger partial charge in [0.15, 0.2) is 0 Å². The Kier molecular flexibility index (Phi) is 6.98. The molecule has 1 aliphatic rings. The van der Waals surface area contributed by atoms with Gasteiger partial charge in [-0.3, -0.25) is 4.79 Å². The van der Waals surface area contributed by atoms with E-state index in [4.69, 9.17) is 9.47 Å². The van der Waals surface area contributed by atoms with Gasteiger partial charge in [-0.25, -0.2) is 0 Å². The number of halogens is 1.